The van der Waals surface area contributed by atoms with Gasteiger partial charge in [-0.3, -0.25) is 14.5 Å². The van der Waals surface area contributed by atoms with Crippen molar-refractivity contribution in [2.75, 3.05) is 13.7 Å². The number of urea groups is 1. The summed E-state index contributed by atoms with van der Waals surface area (Å²) in [6, 6.07) is 6.66. The Morgan fingerprint density at radius 3 is 2.54 bits per heavy atom. The molecule has 1 aliphatic heterocycles. The van der Waals surface area contributed by atoms with Crippen molar-refractivity contribution in [1.29, 1.82) is 0 Å². The molecule has 0 spiro atoms. The third-order valence-electron chi connectivity index (χ3n) is 3.53. The highest BCUT2D eigenvalue weighted by Gasteiger charge is 2.43. The van der Waals surface area contributed by atoms with Gasteiger partial charge in [-0.25, -0.2) is 10.2 Å². The summed E-state index contributed by atoms with van der Waals surface area (Å²) in [4.78, 5) is 36.4. The molecule has 8 nitrogen and oxygen atoms in total. The minimum atomic E-state index is -0.930. The highest BCUT2D eigenvalue weighted by molar-refractivity contribution is 6.06. The molecule has 2 rings (SSSR count). The molecule has 1 aliphatic rings. The first-order valence-corrected chi connectivity index (χ1v) is 7.43. The maximum Gasteiger partial charge on any atom is 0.325 e. The van der Waals surface area contributed by atoms with E-state index >= 15 is 0 Å². The molecule has 0 aromatic heterocycles. The zero-order chi connectivity index (χ0) is 17.7. The molecule has 0 saturated carbocycles. The fourth-order valence-electron chi connectivity index (χ4n) is 2.16. The second-order valence-electron chi connectivity index (χ2n) is 5.83. The summed E-state index contributed by atoms with van der Waals surface area (Å²) in [6.07, 6.45) is 1.48. The van der Waals surface area contributed by atoms with Gasteiger partial charge in [0.25, 0.3) is 5.91 Å². The van der Waals surface area contributed by atoms with Gasteiger partial charge in [0.15, 0.2) is 0 Å². The lowest BCUT2D eigenvalue weighted by Crippen LogP contribution is -2.40. The number of carbonyl (C=O) groups excluding carboxylic acids is 3. The maximum absolute atomic E-state index is 12.0. The van der Waals surface area contributed by atoms with Gasteiger partial charge in [0.05, 0.1) is 13.3 Å². The average Bonchev–Trinajstić information content (AvgIpc) is 2.74. The molecule has 0 radical (unpaired) electrons. The van der Waals surface area contributed by atoms with Crippen LogP contribution >= 0.6 is 0 Å². The van der Waals surface area contributed by atoms with Crippen molar-refractivity contribution >= 4 is 24.1 Å². The van der Waals surface area contributed by atoms with Crippen molar-refractivity contribution in [3.8, 4) is 5.75 Å². The number of nitrogens with one attached hydrogen (secondary N) is 2. The van der Waals surface area contributed by atoms with Gasteiger partial charge in [-0.05, 0) is 43.7 Å². The molecule has 2 N–H and O–H groups in total. The minimum absolute atomic E-state index is 0.0119. The van der Waals surface area contributed by atoms with Crippen LogP contribution in [0.3, 0.4) is 0 Å². The number of rotatable bonds is 6. The van der Waals surface area contributed by atoms with Crippen molar-refractivity contribution < 1.29 is 19.1 Å². The normalized spacial score (nSPS) is 16.4. The number of nitrogens with zero attached hydrogens (tertiary/aromatic N) is 2. The van der Waals surface area contributed by atoms with E-state index in [4.69, 9.17) is 4.74 Å². The smallest absolute Gasteiger partial charge is 0.325 e. The van der Waals surface area contributed by atoms with Gasteiger partial charge in [0.1, 0.15) is 11.3 Å². The average molecular weight is 332 g/mol. The molecule has 1 fully saturated rings. The van der Waals surface area contributed by atoms with Gasteiger partial charge in [0.2, 0.25) is 5.91 Å². The quantitative estimate of drug-likeness (QED) is 0.458. The number of methoxy groups -OCH3 is 1. The lowest BCUT2D eigenvalue weighted by Gasteiger charge is -2.15. The summed E-state index contributed by atoms with van der Waals surface area (Å²) in [7, 11) is 1.58. The highest BCUT2D eigenvalue weighted by atomic mass is 16.5. The second kappa shape index (κ2) is 7.12. The summed E-state index contributed by atoms with van der Waals surface area (Å²) < 4.78 is 5.05. The summed E-state index contributed by atoms with van der Waals surface area (Å²) in [5.74, 6) is -0.000214. The summed E-state index contributed by atoms with van der Waals surface area (Å²) in [5, 5.41) is 6.40. The van der Waals surface area contributed by atoms with Crippen LogP contribution in [0.1, 0.15) is 25.8 Å². The number of amides is 4. The topological polar surface area (TPSA) is 100 Å². The van der Waals surface area contributed by atoms with Crippen LogP contribution in [-0.4, -0.2) is 48.2 Å². The van der Waals surface area contributed by atoms with E-state index in [2.05, 4.69) is 15.8 Å². The van der Waals surface area contributed by atoms with Crippen molar-refractivity contribution in [3.05, 3.63) is 29.8 Å². The van der Waals surface area contributed by atoms with E-state index in [1.807, 2.05) is 0 Å². The van der Waals surface area contributed by atoms with Crippen molar-refractivity contribution in [2.24, 2.45) is 5.10 Å². The van der Waals surface area contributed by atoms with Gasteiger partial charge in [-0.15, -0.1) is 0 Å². The lowest BCUT2D eigenvalue weighted by molar-refractivity contribution is -0.130. The molecule has 1 saturated heterocycles. The number of imide groups is 1. The second-order valence-corrected chi connectivity index (χ2v) is 5.83. The van der Waals surface area contributed by atoms with Crippen LogP contribution in [0.25, 0.3) is 0 Å². The number of benzene rings is 1. The van der Waals surface area contributed by atoms with Crippen LogP contribution in [0, 0.1) is 0 Å². The predicted molar refractivity (Wildman–Crippen MR) is 87.7 cm³/mol. The Morgan fingerprint density at radius 2 is 2.00 bits per heavy atom. The van der Waals surface area contributed by atoms with Crippen LogP contribution < -0.4 is 15.5 Å². The number of carbonyl (C=O) groups is 3. The SMILES string of the molecule is COc1ccc(/C=N\NC(=O)CCN2C(=O)NC(C)(C)C2=O)cc1. The monoisotopic (exact) mass is 332 g/mol. The largest absolute Gasteiger partial charge is 0.497 e. The molecular formula is C16H20N4O4. The van der Waals surface area contributed by atoms with Crippen LogP contribution in [0.4, 0.5) is 4.79 Å². The van der Waals surface area contributed by atoms with Crippen LogP contribution in [-0.2, 0) is 9.59 Å². The predicted octanol–water partition coefficient (Wildman–Crippen LogP) is 0.866. The van der Waals surface area contributed by atoms with E-state index in [-0.39, 0.29) is 24.8 Å². The first-order valence-electron chi connectivity index (χ1n) is 7.43. The van der Waals surface area contributed by atoms with E-state index in [0.29, 0.717) is 0 Å². The van der Waals surface area contributed by atoms with Gasteiger partial charge >= 0.3 is 6.03 Å². The van der Waals surface area contributed by atoms with Gasteiger partial charge in [-0.2, -0.15) is 5.10 Å². The van der Waals surface area contributed by atoms with E-state index in [1.165, 1.54) is 6.21 Å². The molecular weight excluding hydrogens is 312 g/mol. The Balaban J connectivity index is 1.80. The zero-order valence-corrected chi connectivity index (χ0v) is 13.8. The molecule has 24 heavy (non-hydrogen) atoms. The Hall–Kier alpha value is -2.90. The van der Waals surface area contributed by atoms with Gasteiger partial charge < -0.3 is 10.1 Å². The van der Waals surface area contributed by atoms with E-state index in [0.717, 1.165) is 16.2 Å². The lowest BCUT2D eigenvalue weighted by atomic mass is 10.1. The van der Waals surface area contributed by atoms with Crippen LogP contribution in [0.5, 0.6) is 5.75 Å². The molecule has 0 unspecified atom stereocenters. The number of hydrazone groups is 1. The molecule has 128 valence electrons. The molecule has 1 aromatic rings. The van der Waals surface area contributed by atoms with E-state index in [9.17, 15) is 14.4 Å². The van der Waals surface area contributed by atoms with Gasteiger partial charge in [-0.1, -0.05) is 0 Å². The number of hydrogen-bond acceptors (Lipinski definition) is 5. The minimum Gasteiger partial charge on any atom is -0.497 e. The Kier molecular flexibility index (Phi) is 5.18. The maximum atomic E-state index is 12.0. The standard InChI is InChI=1S/C16H20N4O4/c1-16(2)14(22)20(15(23)18-16)9-8-13(21)19-17-10-11-4-6-12(24-3)7-5-11/h4-7,10H,8-9H2,1-3H3,(H,18,23)(H,19,21)/b17-10-. The molecule has 8 heteroatoms. The van der Waals surface area contributed by atoms with Gasteiger partial charge in [0, 0.05) is 13.0 Å². The first-order chi connectivity index (χ1) is 11.3. The number of ether oxygens (including phenoxy) is 1. The van der Waals surface area contributed by atoms with Crippen LogP contribution in [0.15, 0.2) is 29.4 Å². The highest BCUT2D eigenvalue weighted by Crippen LogP contribution is 2.16. The summed E-state index contributed by atoms with van der Waals surface area (Å²) in [5.41, 5.74) is 2.23. The zero-order valence-electron chi connectivity index (χ0n) is 13.8. The molecule has 1 heterocycles. The molecule has 0 aliphatic carbocycles. The third kappa shape index (κ3) is 4.09. The van der Waals surface area contributed by atoms with E-state index in [1.54, 1.807) is 45.2 Å². The Morgan fingerprint density at radius 1 is 1.33 bits per heavy atom. The van der Waals surface area contributed by atoms with Crippen molar-refractivity contribution in [3.63, 3.8) is 0 Å². The Labute approximate surface area is 139 Å². The van der Waals surface area contributed by atoms with E-state index < -0.39 is 11.6 Å². The molecule has 0 bridgehead atoms. The molecule has 1 aromatic carbocycles. The Bertz CT molecular complexity index is 667. The summed E-state index contributed by atoms with van der Waals surface area (Å²) >= 11 is 0. The van der Waals surface area contributed by atoms with Crippen LogP contribution in [0.2, 0.25) is 0 Å². The van der Waals surface area contributed by atoms with Crippen molar-refractivity contribution in [1.82, 2.24) is 15.6 Å². The fraction of sp³-hybridized carbons (Fsp3) is 0.375. The van der Waals surface area contributed by atoms with Crippen molar-refractivity contribution in [2.45, 2.75) is 25.8 Å². The fourth-order valence-corrected chi connectivity index (χ4v) is 2.16. The number of hydrogen-bond donors (Lipinski definition) is 2. The third-order valence-corrected chi connectivity index (χ3v) is 3.53. The molecule has 4 amide bonds. The summed E-state index contributed by atoms with van der Waals surface area (Å²) in [6.45, 7) is 3.25. The first kappa shape index (κ1) is 17.5. The molecule has 0 atom stereocenters.